The molecule has 1 aromatic rings. The summed E-state index contributed by atoms with van der Waals surface area (Å²) in [5.74, 6) is -0.465. The molecule has 0 radical (unpaired) electrons. The second-order valence-corrected chi connectivity index (χ2v) is 4.41. The normalized spacial score (nSPS) is 13.8. The number of hydrogen-bond donors (Lipinski definition) is 1. The quantitative estimate of drug-likeness (QED) is 0.784. The Balaban J connectivity index is 2.65. The van der Waals surface area contributed by atoms with E-state index in [9.17, 15) is 22.7 Å². The minimum atomic E-state index is -4.35. The molecule has 0 aliphatic heterocycles. The Hall–Kier alpha value is -1.18. The van der Waals surface area contributed by atoms with Crippen LogP contribution in [-0.2, 0) is 4.74 Å². The predicted octanol–water partition coefficient (Wildman–Crippen LogP) is 2.37. The zero-order valence-corrected chi connectivity index (χ0v) is 11.0. The summed E-state index contributed by atoms with van der Waals surface area (Å²) in [4.78, 5) is 1.05. The minimum absolute atomic E-state index is 0.0499. The largest absolute Gasteiger partial charge is 0.401 e. The van der Waals surface area contributed by atoms with Gasteiger partial charge in [-0.3, -0.25) is 4.90 Å². The maximum absolute atomic E-state index is 12.7. The Bertz CT molecular complexity index is 394. The standard InChI is InChI=1S/C13H17F4NO2/c1-20-7-6-18(9-13(15,16)17)8-12(19)10-2-4-11(14)5-3-10/h2-5,12,19H,6-9H2,1H3. The summed E-state index contributed by atoms with van der Waals surface area (Å²) in [5, 5.41) is 9.91. The van der Waals surface area contributed by atoms with E-state index >= 15 is 0 Å². The first-order valence-corrected chi connectivity index (χ1v) is 6.03. The van der Waals surface area contributed by atoms with Gasteiger partial charge in [-0.2, -0.15) is 13.2 Å². The van der Waals surface area contributed by atoms with E-state index < -0.39 is 24.6 Å². The molecule has 1 rings (SSSR count). The first-order valence-electron chi connectivity index (χ1n) is 6.03. The van der Waals surface area contributed by atoms with Crippen molar-refractivity contribution in [1.29, 1.82) is 0 Å². The molecule has 3 nitrogen and oxygen atoms in total. The van der Waals surface area contributed by atoms with Crippen LogP contribution in [0.1, 0.15) is 11.7 Å². The SMILES string of the molecule is COCCN(CC(O)c1ccc(F)cc1)CC(F)(F)F. The van der Waals surface area contributed by atoms with E-state index in [1.807, 2.05) is 0 Å². The molecular weight excluding hydrogens is 278 g/mol. The fourth-order valence-electron chi connectivity index (χ4n) is 1.74. The van der Waals surface area contributed by atoms with E-state index in [4.69, 9.17) is 4.74 Å². The lowest BCUT2D eigenvalue weighted by Crippen LogP contribution is -2.39. The number of methoxy groups -OCH3 is 1. The lowest BCUT2D eigenvalue weighted by atomic mass is 10.1. The van der Waals surface area contributed by atoms with Gasteiger partial charge in [0.05, 0.1) is 19.3 Å². The number of benzene rings is 1. The van der Waals surface area contributed by atoms with Crippen molar-refractivity contribution in [2.75, 3.05) is 33.4 Å². The fourth-order valence-corrected chi connectivity index (χ4v) is 1.74. The first-order chi connectivity index (χ1) is 9.31. The monoisotopic (exact) mass is 295 g/mol. The van der Waals surface area contributed by atoms with E-state index in [2.05, 4.69) is 0 Å². The number of aliphatic hydroxyl groups excluding tert-OH is 1. The molecule has 0 saturated heterocycles. The fraction of sp³-hybridized carbons (Fsp3) is 0.538. The maximum Gasteiger partial charge on any atom is 0.401 e. The summed E-state index contributed by atoms with van der Waals surface area (Å²) in [5.41, 5.74) is 0.371. The first kappa shape index (κ1) is 16.9. The maximum atomic E-state index is 12.7. The number of aliphatic hydroxyl groups is 1. The number of nitrogens with zero attached hydrogens (tertiary/aromatic N) is 1. The van der Waals surface area contributed by atoms with Crippen LogP contribution in [0.3, 0.4) is 0 Å². The highest BCUT2D eigenvalue weighted by Gasteiger charge is 2.31. The van der Waals surface area contributed by atoms with Gasteiger partial charge in [-0.05, 0) is 17.7 Å². The van der Waals surface area contributed by atoms with Crippen molar-refractivity contribution in [3.63, 3.8) is 0 Å². The van der Waals surface area contributed by atoms with Gasteiger partial charge in [0.15, 0.2) is 0 Å². The molecule has 0 aromatic heterocycles. The number of alkyl halides is 3. The van der Waals surface area contributed by atoms with Crippen molar-refractivity contribution in [2.24, 2.45) is 0 Å². The molecule has 0 fully saturated rings. The molecule has 20 heavy (non-hydrogen) atoms. The van der Waals surface area contributed by atoms with Crippen LogP contribution in [0.15, 0.2) is 24.3 Å². The highest BCUT2D eigenvalue weighted by atomic mass is 19.4. The van der Waals surface area contributed by atoms with Crippen molar-refractivity contribution in [3.05, 3.63) is 35.6 Å². The van der Waals surface area contributed by atoms with E-state index in [-0.39, 0.29) is 19.7 Å². The van der Waals surface area contributed by atoms with E-state index in [0.717, 1.165) is 17.0 Å². The zero-order chi connectivity index (χ0) is 15.2. The summed E-state index contributed by atoms with van der Waals surface area (Å²) in [6.07, 6.45) is -5.47. The highest BCUT2D eigenvalue weighted by molar-refractivity contribution is 5.18. The van der Waals surface area contributed by atoms with Gasteiger partial charge in [0.2, 0.25) is 0 Å². The number of ether oxygens (including phenoxy) is 1. The predicted molar refractivity (Wildman–Crippen MR) is 65.7 cm³/mol. The molecule has 1 atom stereocenters. The van der Waals surface area contributed by atoms with Crippen LogP contribution in [0.5, 0.6) is 0 Å². The van der Waals surface area contributed by atoms with Crippen LogP contribution in [0, 0.1) is 5.82 Å². The molecular formula is C13H17F4NO2. The van der Waals surface area contributed by atoms with Gasteiger partial charge in [-0.25, -0.2) is 4.39 Å². The van der Waals surface area contributed by atoms with Gasteiger partial charge >= 0.3 is 6.18 Å². The molecule has 1 N–H and O–H groups in total. The van der Waals surface area contributed by atoms with Gasteiger partial charge in [-0.15, -0.1) is 0 Å². The van der Waals surface area contributed by atoms with Gasteiger partial charge in [0.1, 0.15) is 5.82 Å². The van der Waals surface area contributed by atoms with Crippen LogP contribution in [0.4, 0.5) is 17.6 Å². The Morgan fingerprint density at radius 1 is 1.25 bits per heavy atom. The molecule has 0 amide bonds. The second kappa shape index (κ2) is 7.56. The summed E-state index contributed by atoms with van der Waals surface area (Å²) in [6, 6.07) is 5.01. The summed E-state index contributed by atoms with van der Waals surface area (Å²) in [6.45, 7) is -1.15. The van der Waals surface area contributed by atoms with E-state index in [1.54, 1.807) is 0 Å². The summed E-state index contributed by atoms with van der Waals surface area (Å²) >= 11 is 0. The minimum Gasteiger partial charge on any atom is -0.387 e. The van der Waals surface area contributed by atoms with Crippen molar-refractivity contribution in [1.82, 2.24) is 4.90 Å². The molecule has 0 saturated carbocycles. The molecule has 114 valence electrons. The van der Waals surface area contributed by atoms with Gasteiger partial charge in [0.25, 0.3) is 0 Å². The number of rotatable bonds is 7. The Morgan fingerprint density at radius 3 is 2.35 bits per heavy atom. The van der Waals surface area contributed by atoms with Crippen LogP contribution in [0.2, 0.25) is 0 Å². The zero-order valence-electron chi connectivity index (χ0n) is 11.0. The molecule has 0 heterocycles. The van der Waals surface area contributed by atoms with Crippen molar-refractivity contribution >= 4 is 0 Å². The third-order valence-electron chi connectivity index (χ3n) is 2.70. The summed E-state index contributed by atoms with van der Waals surface area (Å²) in [7, 11) is 1.39. The Morgan fingerprint density at radius 2 is 1.85 bits per heavy atom. The number of hydrogen-bond acceptors (Lipinski definition) is 3. The smallest absolute Gasteiger partial charge is 0.387 e. The van der Waals surface area contributed by atoms with Crippen LogP contribution < -0.4 is 0 Å². The van der Waals surface area contributed by atoms with Crippen molar-refractivity contribution in [2.45, 2.75) is 12.3 Å². The Kier molecular flexibility index (Phi) is 6.38. The van der Waals surface area contributed by atoms with Crippen molar-refractivity contribution < 1.29 is 27.4 Å². The lowest BCUT2D eigenvalue weighted by molar-refractivity contribution is -0.149. The Labute approximate surface area is 114 Å². The third-order valence-corrected chi connectivity index (χ3v) is 2.70. The molecule has 0 aliphatic carbocycles. The van der Waals surface area contributed by atoms with E-state index in [1.165, 1.54) is 19.2 Å². The van der Waals surface area contributed by atoms with Crippen LogP contribution in [-0.4, -0.2) is 49.5 Å². The number of halogens is 4. The average Bonchev–Trinajstić information content (AvgIpc) is 2.35. The van der Waals surface area contributed by atoms with Crippen LogP contribution >= 0.6 is 0 Å². The average molecular weight is 295 g/mol. The van der Waals surface area contributed by atoms with Crippen LogP contribution in [0.25, 0.3) is 0 Å². The van der Waals surface area contributed by atoms with E-state index in [0.29, 0.717) is 5.56 Å². The lowest BCUT2D eigenvalue weighted by Gasteiger charge is -2.25. The summed E-state index contributed by atoms with van der Waals surface area (Å²) < 4.78 is 54.8. The van der Waals surface area contributed by atoms with Crippen molar-refractivity contribution in [3.8, 4) is 0 Å². The molecule has 0 spiro atoms. The molecule has 0 bridgehead atoms. The second-order valence-electron chi connectivity index (χ2n) is 4.41. The molecule has 7 heteroatoms. The molecule has 0 aliphatic rings. The highest BCUT2D eigenvalue weighted by Crippen LogP contribution is 2.20. The topological polar surface area (TPSA) is 32.7 Å². The molecule has 1 unspecified atom stereocenters. The van der Waals surface area contributed by atoms with Gasteiger partial charge in [-0.1, -0.05) is 12.1 Å². The van der Waals surface area contributed by atoms with Gasteiger partial charge < -0.3 is 9.84 Å². The molecule has 1 aromatic carbocycles. The third kappa shape index (κ3) is 6.31. The van der Waals surface area contributed by atoms with Gasteiger partial charge in [0, 0.05) is 20.2 Å².